The molecule has 2 aromatic rings. The van der Waals surface area contributed by atoms with Crippen LogP contribution in [-0.4, -0.2) is 24.1 Å². The molecule has 0 saturated heterocycles. The van der Waals surface area contributed by atoms with Crippen LogP contribution in [0, 0.1) is 11.8 Å². The van der Waals surface area contributed by atoms with Crippen molar-refractivity contribution in [2.24, 2.45) is 11.8 Å². The van der Waals surface area contributed by atoms with Crippen molar-refractivity contribution >= 4 is 40.8 Å². The number of hydrogen-bond acceptors (Lipinski definition) is 3. The van der Waals surface area contributed by atoms with Gasteiger partial charge in [0.25, 0.3) is 0 Å². The zero-order valence-electron chi connectivity index (χ0n) is 14.7. The molecule has 0 spiro atoms. The Morgan fingerprint density at radius 2 is 1.74 bits per heavy atom. The van der Waals surface area contributed by atoms with Crippen molar-refractivity contribution in [3.8, 4) is 16.9 Å². The number of carbonyl (C=O) groups is 2. The van der Waals surface area contributed by atoms with Crippen LogP contribution < -0.4 is 10.1 Å². The van der Waals surface area contributed by atoms with Gasteiger partial charge >= 0.3 is 5.97 Å². The first-order valence-electron chi connectivity index (χ1n) is 8.58. The molecule has 27 heavy (non-hydrogen) atoms. The number of carboxylic acids is 1. The first-order valence-corrected chi connectivity index (χ1v) is 9.34. The van der Waals surface area contributed by atoms with Crippen molar-refractivity contribution in [2.75, 3.05) is 12.4 Å². The van der Waals surface area contributed by atoms with Crippen molar-refractivity contribution in [3.63, 3.8) is 0 Å². The summed E-state index contributed by atoms with van der Waals surface area (Å²) in [7, 11) is 1.58. The smallest absolute Gasteiger partial charge is 0.307 e. The van der Waals surface area contributed by atoms with Gasteiger partial charge in [-0.3, -0.25) is 9.59 Å². The number of para-hydroxylation sites is 1. The molecule has 5 nitrogen and oxygen atoms in total. The molecule has 0 aromatic heterocycles. The molecule has 1 aliphatic rings. The average Bonchev–Trinajstić information content (AvgIpc) is 3.14. The van der Waals surface area contributed by atoms with Crippen LogP contribution in [0.25, 0.3) is 11.1 Å². The number of aliphatic carboxylic acids is 1. The lowest BCUT2D eigenvalue weighted by Crippen LogP contribution is -2.30. The molecule has 1 amide bonds. The second-order valence-electron chi connectivity index (χ2n) is 6.49. The van der Waals surface area contributed by atoms with Crippen molar-refractivity contribution in [2.45, 2.75) is 19.3 Å². The fourth-order valence-corrected chi connectivity index (χ4v) is 4.10. The molecular formula is C20H19Cl2NO4. The van der Waals surface area contributed by atoms with Crippen LogP contribution in [0.5, 0.6) is 5.75 Å². The standard InChI is InChI=1S/C20H19Cl2NO4/c1-27-17-8-3-2-5-12(17)11-9-15(21)18(16(22)10-11)23-19(24)13-6-4-7-14(13)20(25)26/h2-3,5,8-10,13-14H,4,6-7H2,1H3,(H,23,24)(H,25,26). The maximum atomic E-state index is 12.6. The van der Waals surface area contributed by atoms with Gasteiger partial charge < -0.3 is 15.2 Å². The lowest BCUT2D eigenvalue weighted by Gasteiger charge is -2.18. The highest BCUT2D eigenvalue weighted by Crippen LogP contribution is 2.40. The Kier molecular flexibility index (Phi) is 5.92. The van der Waals surface area contributed by atoms with Crippen LogP contribution in [0.15, 0.2) is 36.4 Å². The Labute approximate surface area is 167 Å². The van der Waals surface area contributed by atoms with Crippen LogP contribution in [0.4, 0.5) is 5.69 Å². The molecule has 1 aliphatic carbocycles. The van der Waals surface area contributed by atoms with Crippen molar-refractivity contribution in [1.82, 2.24) is 0 Å². The summed E-state index contributed by atoms with van der Waals surface area (Å²) >= 11 is 12.7. The lowest BCUT2D eigenvalue weighted by atomic mass is 9.95. The van der Waals surface area contributed by atoms with Crippen LogP contribution in [0.1, 0.15) is 19.3 Å². The molecule has 142 valence electrons. The third-order valence-electron chi connectivity index (χ3n) is 4.88. The minimum absolute atomic E-state index is 0.279. The predicted molar refractivity (Wildman–Crippen MR) is 106 cm³/mol. The van der Waals surface area contributed by atoms with E-state index in [2.05, 4.69) is 5.32 Å². The zero-order valence-corrected chi connectivity index (χ0v) is 16.2. The van der Waals surface area contributed by atoms with Gasteiger partial charge in [0, 0.05) is 5.56 Å². The number of hydrogen-bond donors (Lipinski definition) is 2. The van der Waals surface area contributed by atoms with E-state index in [1.165, 1.54) is 0 Å². The van der Waals surface area contributed by atoms with Gasteiger partial charge in [0.1, 0.15) is 5.75 Å². The van der Waals surface area contributed by atoms with Gasteiger partial charge in [-0.05, 0) is 36.6 Å². The minimum Gasteiger partial charge on any atom is -0.496 e. The van der Waals surface area contributed by atoms with E-state index in [4.69, 9.17) is 27.9 Å². The summed E-state index contributed by atoms with van der Waals surface area (Å²) in [6.07, 6.45) is 1.75. The van der Waals surface area contributed by atoms with Gasteiger partial charge in [0.15, 0.2) is 0 Å². The zero-order chi connectivity index (χ0) is 19.6. The van der Waals surface area contributed by atoms with E-state index in [1.54, 1.807) is 19.2 Å². The largest absolute Gasteiger partial charge is 0.496 e. The average molecular weight is 408 g/mol. The van der Waals surface area contributed by atoms with Gasteiger partial charge in [0.2, 0.25) is 5.91 Å². The van der Waals surface area contributed by atoms with E-state index in [1.807, 2.05) is 24.3 Å². The van der Waals surface area contributed by atoms with Crippen molar-refractivity contribution in [3.05, 3.63) is 46.4 Å². The van der Waals surface area contributed by atoms with Crippen molar-refractivity contribution in [1.29, 1.82) is 0 Å². The summed E-state index contributed by atoms with van der Waals surface area (Å²) in [5.74, 6) is -1.89. The summed E-state index contributed by atoms with van der Waals surface area (Å²) < 4.78 is 5.36. The van der Waals surface area contributed by atoms with E-state index in [0.29, 0.717) is 25.0 Å². The van der Waals surface area contributed by atoms with E-state index >= 15 is 0 Å². The number of rotatable bonds is 5. The highest BCUT2D eigenvalue weighted by atomic mass is 35.5. The number of ether oxygens (including phenoxy) is 1. The first-order chi connectivity index (χ1) is 12.9. The third kappa shape index (κ3) is 4.04. The van der Waals surface area contributed by atoms with E-state index in [-0.39, 0.29) is 21.6 Å². The topological polar surface area (TPSA) is 75.6 Å². The molecular weight excluding hydrogens is 389 g/mol. The van der Waals surface area contributed by atoms with Gasteiger partial charge in [-0.1, -0.05) is 47.8 Å². The molecule has 7 heteroatoms. The molecule has 1 saturated carbocycles. The van der Waals surface area contributed by atoms with Gasteiger partial charge in [0.05, 0.1) is 34.7 Å². The van der Waals surface area contributed by atoms with Crippen molar-refractivity contribution < 1.29 is 19.4 Å². The number of methoxy groups -OCH3 is 1. The number of halogens is 2. The van der Waals surface area contributed by atoms with Crippen LogP contribution in [-0.2, 0) is 9.59 Å². The van der Waals surface area contributed by atoms with Gasteiger partial charge in [-0.25, -0.2) is 0 Å². The molecule has 0 aliphatic heterocycles. The molecule has 2 atom stereocenters. The number of carbonyl (C=O) groups excluding carboxylic acids is 1. The second kappa shape index (κ2) is 8.19. The third-order valence-corrected chi connectivity index (χ3v) is 5.47. The van der Waals surface area contributed by atoms with E-state index < -0.39 is 17.8 Å². The quantitative estimate of drug-likeness (QED) is 0.721. The highest BCUT2D eigenvalue weighted by molar-refractivity contribution is 6.40. The monoisotopic (exact) mass is 407 g/mol. The fraction of sp³-hybridized carbons (Fsp3) is 0.300. The number of amides is 1. The van der Waals surface area contributed by atoms with Gasteiger partial charge in [-0.15, -0.1) is 0 Å². The molecule has 2 N–H and O–H groups in total. The Hall–Kier alpha value is -2.24. The highest BCUT2D eigenvalue weighted by Gasteiger charge is 2.38. The Morgan fingerprint density at radius 1 is 1.11 bits per heavy atom. The van der Waals surface area contributed by atoms with Crippen LogP contribution in [0.3, 0.4) is 0 Å². The number of nitrogens with one attached hydrogen (secondary N) is 1. The summed E-state index contributed by atoms with van der Waals surface area (Å²) in [4.78, 5) is 23.9. The summed E-state index contributed by atoms with van der Waals surface area (Å²) in [6.45, 7) is 0. The molecule has 0 heterocycles. The summed E-state index contributed by atoms with van der Waals surface area (Å²) in [6, 6.07) is 10.9. The van der Waals surface area contributed by atoms with Gasteiger partial charge in [-0.2, -0.15) is 0 Å². The first kappa shape index (κ1) is 19.5. The summed E-state index contributed by atoms with van der Waals surface area (Å²) in [5, 5.41) is 12.5. The van der Waals surface area contributed by atoms with E-state index in [9.17, 15) is 14.7 Å². The number of carboxylic acid groups (broad SMARTS) is 1. The number of anilines is 1. The molecule has 1 fully saturated rings. The maximum Gasteiger partial charge on any atom is 0.307 e. The second-order valence-corrected chi connectivity index (χ2v) is 7.30. The number of benzene rings is 2. The molecule has 0 bridgehead atoms. The summed E-state index contributed by atoms with van der Waals surface area (Å²) in [5.41, 5.74) is 1.87. The Balaban J connectivity index is 1.87. The van der Waals surface area contributed by atoms with E-state index in [0.717, 1.165) is 11.1 Å². The normalized spacial score (nSPS) is 18.9. The van der Waals surface area contributed by atoms with Crippen LogP contribution in [0.2, 0.25) is 10.0 Å². The fourth-order valence-electron chi connectivity index (χ4n) is 3.52. The Morgan fingerprint density at radius 3 is 2.37 bits per heavy atom. The molecule has 3 rings (SSSR count). The predicted octanol–water partition coefficient (Wildman–Crippen LogP) is 5.11. The molecule has 2 aromatic carbocycles. The molecule has 0 radical (unpaired) electrons. The molecule has 2 unspecified atom stereocenters. The lowest BCUT2D eigenvalue weighted by molar-refractivity contribution is -0.145. The Bertz CT molecular complexity index is 861. The maximum absolute atomic E-state index is 12.6. The SMILES string of the molecule is COc1ccccc1-c1cc(Cl)c(NC(=O)C2CCCC2C(=O)O)c(Cl)c1. The minimum atomic E-state index is -0.948. The van der Waals surface area contributed by atoms with Crippen LogP contribution >= 0.6 is 23.2 Å².